The molecule has 0 aliphatic heterocycles. The van der Waals surface area contributed by atoms with Gasteiger partial charge in [0.05, 0.1) is 0 Å². The van der Waals surface area contributed by atoms with E-state index in [0.29, 0.717) is 0 Å². The number of aldehydes is 1. The lowest BCUT2D eigenvalue weighted by molar-refractivity contribution is -0.108. The van der Waals surface area contributed by atoms with E-state index in [4.69, 9.17) is 0 Å². The van der Waals surface area contributed by atoms with Crippen LogP contribution in [-0.2, 0) is 4.79 Å². The van der Waals surface area contributed by atoms with Crippen LogP contribution in [0.25, 0.3) is 0 Å². The highest BCUT2D eigenvalue weighted by Crippen LogP contribution is 2.17. The Morgan fingerprint density at radius 1 is 1.78 bits per heavy atom. The first-order valence-electron chi connectivity index (χ1n) is 2.83. The third kappa shape index (κ3) is 1.39. The Bertz CT molecular complexity index is 179. The van der Waals surface area contributed by atoms with Crippen molar-refractivity contribution in [2.75, 3.05) is 0 Å². The van der Waals surface area contributed by atoms with Gasteiger partial charge in [-0.25, -0.2) is 0 Å². The van der Waals surface area contributed by atoms with Crippen LogP contribution in [-0.4, -0.2) is 6.29 Å². The molecule has 1 rings (SSSR count). The van der Waals surface area contributed by atoms with Crippen LogP contribution in [0, 0.1) is 0 Å². The maximum Gasteiger partial charge on any atom is 0.127 e. The van der Waals surface area contributed by atoms with Crippen molar-refractivity contribution >= 4 is 17.6 Å². The normalized spacial score (nSPS) is 13.0. The Kier molecular flexibility index (Phi) is 2.01. The fourth-order valence-corrected chi connectivity index (χ4v) is 1.36. The van der Waals surface area contributed by atoms with Crippen molar-refractivity contribution < 1.29 is 4.79 Å². The molecule has 0 bridgehead atoms. The van der Waals surface area contributed by atoms with Gasteiger partial charge in [-0.1, -0.05) is 13.0 Å². The topological polar surface area (TPSA) is 17.1 Å². The number of rotatable bonds is 2. The molecule has 1 aromatic heterocycles. The van der Waals surface area contributed by atoms with Gasteiger partial charge in [0.15, 0.2) is 0 Å². The summed E-state index contributed by atoms with van der Waals surface area (Å²) < 4.78 is 0. The maximum absolute atomic E-state index is 10.2. The monoisotopic (exact) mass is 140 g/mol. The largest absolute Gasteiger partial charge is 0.303 e. The summed E-state index contributed by atoms with van der Waals surface area (Å²) in [6.07, 6.45) is 0.964. The molecule has 1 unspecified atom stereocenters. The molecule has 0 aliphatic carbocycles. The average molecular weight is 140 g/mol. The van der Waals surface area contributed by atoms with Crippen LogP contribution in [0.5, 0.6) is 0 Å². The molecule has 0 fully saturated rings. The second kappa shape index (κ2) is 2.78. The summed E-state index contributed by atoms with van der Waals surface area (Å²) in [4.78, 5) is 11.4. The summed E-state index contributed by atoms with van der Waals surface area (Å²) >= 11 is 1.62. The van der Waals surface area contributed by atoms with E-state index < -0.39 is 0 Å². The SMILES string of the molecule is CC(C=O)c1cccs1. The molecule has 1 aromatic rings. The zero-order chi connectivity index (χ0) is 6.69. The van der Waals surface area contributed by atoms with E-state index in [9.17, 15) is 4.79 Å². The van der Waals surface area contributed by atoms with Gasteiger partial charge in [-0.3, -0.25) is 0 Å². The van der Waals surface area contributed by atoms with Gasteiger partial charge in [-0.15, -0.1) is 11.3 Å². The Hall–Kier alpha value is -0.630. The van der Waals surface area contributed by atoms with E-state index in [1.807, 2.05) is 24.4 Å². The second-order valence-electron chi connectivity index (χ2n) is 1.94. The zero-order valence-electron chi connectivity index (χ0n) is 5.20. The predicted molar refractivity (Wildman–Crippen MR) is 38.8 cm³/mol. The Morgan fingerprint density at radius 3 is 3.00 bits per heavy atom. The first kappa shape index (κ1) is 6.49. The van der Waals surface area contributed by atoms with E-state index in [1.165, 1.54) is 0 Å². The Balaban J connectivity index is 2.76. The molecule has 0 spiro atoms. The van der Waals surface area contributed by atoms with Crippen molar-refractivity contribution in [3.05, 3.63) is 22.4 Å². The molecule has 1 heterocycles. The number of hydrogen-bond donors (Lipinski definition) is 0. The standard InChI is InChI=1S/C7H8OS/c1-6(5-8)7-3-2-4-9-7/h2-6H,1H3. The van der Waals surface area contributed by atoms with E-state index in [-0.39, 0.29) is 5.92 Å². The van der Waals surface area contributed by atoms with E-state index in [1.54, 1.807) is 11.3 Å². The summed E-state index contributed by atoms with van der Waals surface area (Å²) in [5.41, 5.74) is 0. The smallest absolute Gasteiger partial charge is 0.127 e. The molecule has 0 saturated heterocycles. The third-order valence-corrected chi connectivity index (χ3v) is 2.27. The molecule has 0 aromatic carbocycles. The molecular weight excluding hydrogens is 132 g/mol. The van der Waals surface area contributed by atoms with Gasteiger partial charge in [0.1, 0.15) is 6.29 Å². The van der Waals surface area contributed by atoms with Crippen molar-refractivity contribution in [1.82, 2.24) is 0 Å². The van der Waals surface area contributed by atoms with Gasteiger partial charge in [0.2, 0.25) is 0 Å². The first-order valence-corrected chi connectivity index (χ1v) is 3.71. The van der Waals surface area contributed by atoms with Crippen LogP contribution in [0.15, 0.2) is 17.5 Å². The van der Waals surface area contributed by atoms with Crippen LogP contribution in [0.2, 0.25) is 0 Å². The van der Waals surface area contributed by atoms with Gasteiger partial charge in [-0.2, -0.15) is 0 Å². The van der Waals surface area contributed by atoms with Crippen molar-refractivity contribution in [3.8, 4) is 0 Å². The minimum Gasteiger partial charge on any atom is -0.303 e. The molecule has 9 heavy (non-hydrogen) atoms. The lowest BCUT2D eigenvalue weighted by atomic mass is 10.2. The summed E-state index contributed by atoms with van der Waals surface area (Å²) in [6.45, 7) is 1.90. The molecule has 2 heteroatoms. The number of carbonyl (C=O) groups excluding carboxylic acids is 1. The molecule has 48 valence electrons. The average Bonchev–Trinajstić information content (AvgIpc) is 2.37. The van der Waals surface area contributed by atoms with Crippen LogP contribution in [0.4, 0.5) is 0 Å². The number of thiophene rings is 1. The van der Waals surface area contributed by atoms with Crippen molar-refractivity contribution in [2.24, 2.45) is 0 Å². The van der Waals surface area contributed by atoms with Crippen LogP contribution < -0.4 is 0 Å². The minimum absolute atomic E-state index is 0.0741. The summed E-state index contributed by atoms with van der Waals surface area (Å²) in [5, 5.41) is 1.98. The summed E-state index contributed by atoms with van der Waals surface area (Å²) in [5.74, 6) is 0.0741. The van der Waals surface area contributed by atoms with Gasteiger partial charge in [0.25, 0.3) is 0 Å². The highest BCUT2D eigenvalue weighted by atomic mass is 32.1. The molecule has 0 amide bonds. The van der Waals surface area contributed by atoms with Crippen molar-refractivity contribution in [1.29, 1.82) is 0 Å². The minimum atomic E-state index is 0.0741. The number of carbonyl (C=O) groups is 1. The molecule has 1 atom stereocenters. The lowest BCUT2D eigenvalue weighted by Crippen LogP contribution is -1.88. The van der Waals surface area contributed by atoms with E-state index in [0.717, 1.165) is 11.2 Å². The van der Waals surface area contributed by atoms with Gasteiger partial charge >= 0.3 is 0 Å². The Labute approximate surface area is 58.3 Å². The van der Waals surface area contributed by atoms with Crippen LogP contribution in [0.3, 0.4) is 0 Å². The molecule has 1 nitrogen and oxygen atoms in total. The molecule has 0 aliphatic rings. The first-order chi connectivity index (χ1) is 4.34. The summed E-state index contributed by atoms with van der Waals surface area (Å²) in [7, 11) is 0. The number of hydrogen-bond acceptors (Lipinski definition) is 2. The highest BCUT2D eigenvalue weighted by molar-refractivity contribution is 7.10. The van der Waals surface area contributed by atoms with Crippen LogP contribution >= 0.6 is 11.3 Å². The fourth-order valence-electron chi connectivity index (χ4n) is 0.617. The lowest BCUT2D eigenvalue weighted by Gasteiger charge is -1.94. The highest BCUT2D eigenvalue weighted by Gasteiger charge is 2.01. The maximum atomic E-state index is 10.2. The van der Waals surface area contributed by atoms with Gasteiger partial charge in [-0.05, 0) is 11.4 Å². The molecular formula is C7H8OS. The van der Waals surface area contributed by atoms with E-state index >= 15 is 0 Å². The summed E-state index contributed by atoms with van der Waals surface area (Å²) in [6, 6.07) is 3.93. The predicted octanol–water partition coefficient (Wildman–Crippen LogP) is 2.05. The van der Waals surface area contributed by atoms with Gasteiger partial charge in [0, 0.05) is 10.8 Å². The fraction of sp³-hybridized carbons (Fsp3) is 0.286. The van der Waals surface area contributed by atoms with Crippen molar-refractivity contribution in [2.45, 2.75) is 12.8 Å². The van der Waals surface area contributed by atoms with E-state index in [2.05, 4.69) is 0 Å². The zero-order valence-corrected chi connectivity index (χ0v) is 6.02. The van der Waals surface area contributed by atoms with Crippen LogP contribution in [0.1, 0.15) is 17.7 Å². The van der Waals surface area contributed by atoms with Crippen molar-refractivity contribution in [3.63, 3.8) is 0 Å². The Morgan fingerprint density at radius 2 is 2.56 bits per heavy atom. The molecule has 0 radical (unpaired) electrons. The molecule has 0 saturated carbocycles. The molecule has 0 N–H and O–H groups in total. The second-order valence-corrected chi connectivity index (χ2v) is 2.92. The quantitative estimate of drug-likeness (QED) is 0.574. The van der Waals surface area contributed by atoms with Gasteiger partial charge < -0.3 is 4.79 Å². The third-order valence-electron chi connectivity index (χ3n) is 1.20.